The molecule has 1 fully saturated rings. The van der Waals surface area contributed by atoms with E-state index >= 15 is 0 Å². The van der Waals surface area contributed by atoms with Crippen LogP contribution in [0.5, 0.6) is 0 Å². The summed E-state index contributed by atoms with van der Waals surface area (Å²) in [6, 6.07) is 0. The minimum Gasteiger partial charge on any atom is -0.295 e. The molecule has 1 aliphatic carbocycles. The number of hydrogen-bond acceptors (Lipinski definition) is 4. The van der Waals surface area contributed by atoms with Crippen LogP contribution in [0.1, 0.15) is 24.1 Å². The number of fused-ring (bicyclic) bond motifs is 1. The molecule has 3 rings (SSSR count). The van der Waals surface area contributed by atoms with Crippen LogP contribution in [-0.4, -0.2) is 25.5 Å². The first kappa shape index (κ1) is 10.9. The molecule has 0 aromatic carbocycles. The van der Waals surface area contributed by atoms with Gasteiger partial charge in [-0.2, -0.15) is 9.50 Å². The standard InChI is InChI=1S/C11H13N5O2/c1-5-6(2)12-11-14-10(15-16(11)9(5)18)13-8(17)7-3-4-7/h7H,3-4H2,1-2H3,(H2,12,13,14,15,17). The molecule has 2 aromatic rings. The number of amides is 1. The van der Waals surface area contributed by atoms with Crippen molar-refractivity contribution in [3.63, 3.8) is 0 Å². The van der Waals surface area contributed by atoms with Gasteiger partial charge in [-0.3, -0.25) is 20.0 Å². The summed E-state index contributed by atoms with van der Waals surface area (Å²) < 4.78 is 1.24. The van der Waals surface area contributed by atoms with Crippen molar-refractivity contribution >= 4 is 17.6 Å². The molecular weight excluding hydrogens is 234 g/mol. The molecule has 0 saturated heterocycles. The number of aromatic amines is 1. The summed E-state index contributed by atoms with van der Waals surface area (Å²) in [6.07, 6.45) is 1.84. The monoisotopic (exact) mass is 247 g/mol. The Morgan fingerprint density at radius 1 is 1.39 bits per heavy atom. The molecule has 2 aromatic heterocycles. The Morgan fingerprint density at radius 3 is 2.78 bits per heavy atom. The zero-order chi connectivity index (χ0) is 12.9. The first-order valence-electron chi connectivity index (χ1n) is 5.83. The number of rotatable bonds is 2. The summed E-state index contributed by atoms with van der Waals surface area (Å²) in [4.78, 5) is 31.8. The van der Waals surface area contributed by atoms with Gasteiger partial charge >= 0.3 is 0 Å². The summed E-state index contributed by atoms with van der Waals surface area (Å²) in [5.41, 5.74) is 1.01. The Bertz CT molecular complexity index is 695. The quantitative estimate of drug-likeness (QED) is 0.802. The lowest BCUT2D eigenvalue weighted by Crippen LogP contribution is -2.20. The molecule has 1 aliphatic rings. The Hall–Kier alpha value is -2.18. The largest absolute Gasteiger partial charge is 0.295 e. The van der Waals surface area contributed by atoms with Gasteiger partial charge in [-0.25, -0.2) is 4.98 Å². The topological polar surface area (TPSA) is 92.2 Å². The average Bonchev–Trinajstić information content (AvgIpc) is 3.10. The van der Waals surface area contributed by atoms with Gasteiger partial charge in [-0.1, -0.05) is 0 Å². The van der Waals surface area contributed by atoms with Gasteiger partial charge in [0.25, 0.3) is 11.3 Å². The third-order valence-electron chi connectivity index (χ3n) is 3.15. The van der Waals surface area contributed by atoms with Crippen LogP contribution in [0.25, 0.3) is 5.78 Å². The van der Waals surface area contributed by atoms with E-state index < -0.39 is 0 Å². The van der Waals surface area contributed by atoms with Crippen molar-refractivity contribution in [3.05, 3.63) is 21.6 Å². The highest BCUT2D eigenvalue weighted by atomic mass is 16.2. The molecule has 18 heavy (non-hydrogen) atoms. The van der Waals surface area contributed by atoms with E-state index in [1.165, 1.54) is 4.52 Å². The number of nitrogens with one attached hydrogen (secondary N) is 2. The minimum absolute atomic E-state index is 0.0597. The van der Waals surface area contributed by atoms with Gasteiger partial charge in [-0.05, 0) is 26.7 Å². The van der Waals surface area contributed by atoms with Crippen molar-refractivity contribution in [2.24, 2.45) is 5.92 Å². The van der Waals surface area contributed by atoms with Gasteiger partial charge in [0.2, 0.25) is 11.9 Å². The van der Waals surface area contributed by atoms with Crippen LogP contribution in [0.2, 0.25) is 0 Å². The summed E-state index contributed by atoms with van der Waals surface area (Å²) in [5, 5.41) is 5.40. The normalized spacial score (nSPS) is 15.0. The lowest BCUT2D eigenvalue weighted by molar-refractivity contribution is -0.117. The third kappa shape index (κ3) is 1.68. The van der Waals surface area contributed by atoms with Crippen LogP contribution >= 0.6 is 0 Å². The average molecular weight is 247 g/mol. The summed E-state index contributed by atoms with van der Waals surface area (Å²) in [5.74, 6) is 0.567. The second kappa shape index (κ2) is 3.66. The van der Waals surface area contributed by atoms with Gasteiger partial charge in [0, 0.05) is 17.2 Å². The summed E-state index contributed by atoms with van der Waals surface area (Å²) >= 11 is 0. The van der Waals surface area contributed by atoms with Crippen LogP contribution in [0.15, 0.2) is 4.79 Å². The molecule has 0 bridgehead atoms. The molecule has 2 N–H and O–H groups in total. The van der Waals surface area contributed by atoms with Crippen LogP contribution in [-0.2, 0) is 4.79 Å². The molecule has 0 radical (unpaired) electrons. The number of anilines is 1. The lowest BCUT2D eigenvalue weighted by atomic mass is 10.3. The Labute approximate surface area is 102 Å². The van der Waals surface area contributed by atoms with E-state index in [-0.39, 0.29) is 29.1 Å². The van der Waals surface area contributed by atoms with Gasteiger partial charge in [0.1, 0.15) is 0 Å². The van der Waals surface area contributed by atoms with Crippen molar-refractivity contribution in [3.8, 4) is 0 Å². The molecule has 1 saturated carbocycles. The predicted molar refractivity (Wildman–Crippen MR) is 64.4 cm³/mol. The smallest absolute Gasteiger partial charge is 0.277 e. The number of carbonyl (C=O) groups excluding carboxylic acids is 1. The number of aryl methyl sites for hydroxylation is 1. The van der Waals surface area contributed by atoms with E-state index in [2.05, 4.69) is 20.4 Å². The van der Waals surface area contributed by atoms with Crippen molar-refractivity contribution in [1.29, 1.82) is 0 Å². The molecule has 2 heterocycles. The fourth-order valence-corrected chi connectivity index (χ4v) is 1.72. The molecule has 0 aliphatic heterocycles. The van der Waals surface area contributed by atoms with E-state index in [9.17, 15) is 9.59 Å². The first-order valence-corrected chi connectivity index (χ1v) is 5.83. The highest BCUT2D eigenvalue weighted by molar-refractivity contribution is 5.92. The van der Waals surface area contributed by atoms with Crippen LogP contribution in [0.4, 0.5) is 5.95 Å². The van der Waals surface area contributed by atoms with Crippen molar-refractivity contribution in [2.75, 3.05) is 5.32 Å². The number of aromatic nitrogens is 4. The molecule has 0 unspecified atom stereocenters. The zero-order valence-electron chi connectivity index (χ0n) is 10.1. The molecule has 94 valence electrons. The number of nitrogens with zero attached hydrogens (tertiary/aromatic N) is 3. The van der Waals surface area contributed by atoms with Gasteiger partial charge in [0.05, 0.1) is 0 Å². The number of carbonyl (C=O) groups is 1. The van der Waals surface area contributed by atoms with Gasteiger partial charge in [0.15, 0.2) is 0 Å². The summed E-state index contributed by atoms with van der Waals surface area (Å²) in [7, 11) is 0. The predicted octanol–water partition coefficient (Wildman–Crippen LogP) is 0.383. The number of hydrogen-bond donors (Lipinski definition) is 2. The highest BCUT2D eigenvalue weighted by Crippen LogP contribution is 2.29. The lowest BCUT2D eigenvalue weighted by Gasteiger charge is -1.97. The van der Waals surface area contributed by atoms with Gasteiger partial charge in [-0.15, -0.1) is 0 Å². The van der Waals surface area contributed by atoms with E-state index in [0.717, 1.165) is 12.8 Å². The van der Waals surface area contributed by atoms with E-state index in [0.29, 0.717) is 11.3 Å². The third-order valence-corrected chi connectivity index (χ3v) is 3.15. The fourth-order valence-electron chi connectivity index (χ4n) is 1.72. The molecular formula is C11H13N5O2. The van der Waals surface area contributed by atoms with E-state index in [4.69, 9.17) is 0 Å². The fraction of sp³-hybridized carbons (Fsp3) is 0.455. The molecule has 7 nitrogen and oxygen atoms in total. The maximum absolute atomic E-state index is 11.9. The van der Waals surface area contributed by atoms with E-state index in [1.807, 2.05) is 0 Å². The summed E-state index contributed by atoms with van der Waals surface area (Å²) in [6.45, 7) is 3.47. The molecule has 0 spiro atoms. The Morgan fingerprint density at radius 2 is 2.11 bits per heavy atom. The molecule has 1 amide bonds. The van der Waals surface area contributed by atoms with Crippen LogP contribution in [0.3, 0.4) is 0 Å². The van der Waals surface area contributed by atoms with Crippen molar-refractivity contribution in [1.82, 2.24) is 19.6 Å². The van der Waals surface area contributed by atoms with Gasteiger partial charge < -0.3 is 0 Å². The van der Waals surface area contributed by atoms with Crippen molar-refractivity contribution in [2.45, 2.75) is 26.7 Å². The van der Waals surface area contributed by atoms with E-state index in [1.54, 1.807) is 13.8 Å². The van der Waals surface area contributed by atoms with Crippen molar-refractivity contribution < 1.29 is 4.79 Å². The Balaban J connectivity index is 2.02. The maximum Gasteiger partial charge on any atom is 0.277 e. The SMILES string of the molecule is Cc1nc2nc(NC(=O)C3CC3)[nH]n2c(=O)c1C. The van der Waals surface area contributed by atoms with Crippen LogP contribution < -0.4 is 10.9 Å². The first-order chi connectivity index (χ1) is 8.56. The highest BCUT2D eigenvalue weighted by Gasteiger charge is 2.30. The maximum atomic E-state index is 11.9. The number of H-pyrrole nitrogens is 1. The second-order valence-corrected chi connectivity index (χ2v) is 4.60. The molecule has 0 atom stereocenters. The molecule has 7 heteroatoms. The second-order valence-electron chi connectivity index (χ2n) is 4.60. The zero-order valence-corrected chi connectivity index (χ0v) is 10.1. The van der Waals surface area contributed by atoms with Crippen LogP contribution in [0, 0.1) is 19.8 Å². The Kier molecular flexibility index (Phi) is 2.22. The minimum atomic E-state index is -0.197.